The molecule has 0 fully saturated rings. The molecule has 3 heterocycles. The van der Waals surface area contributed by atoms with Gasteiger partial charge in [-0.15, -0.1) is 11.3 Å². The molecule has 0 radical (unpaired) electrons. The van der Waals surface area contributed by atoms with E-state index >= 15 is 0 Å². The first-order valence-electron chi connectivity index (χ1n) is 7.25. The predicted molar refractivity (Wildman–Crippen MR) is 87.9 cm³/mol. The van der Waals surface area contributed by atoms with Crippen molar-refractivity contribution in [1.29, 1.82) is 0 Å². The predicted octanol–water partition coefficient (Wildman–Crippen LogP) is 4.68. The molecule has 4 aromatic rings. The Morgan fingerprint density at radius 3 is 2.52 bits per heavy atom. The van der Waals surface area contributed by atoms with Gasteiger partial charge in [0.25, 0.3) is 5.89 Å². The van der Waals surface area contributed by atoms with Crippen molar-refractivity contribution < 1.29 is 8.94 Å². The highest BCUT2D eigenvalue weighted by molar-refractivity contribution is 7.09. The normalized spacial score (nSPS) is 11.0. The largest absolute Gasteiger partial charge is 0.472 e. The summed E-state index contributed by atoms with van der Waals surface area (Å²) in [6, 6.07) is 9.79. The average Bonchev–Trinajstić information content (AvgIpc) is 3.34. The third kappa shape index (κ3) is 2.68. The van der Waals surface area contributed by atoms with Gasteiger partial charge in [-0.3, -0.25) is 0 Å². The van der Waals surface area contributed by atoms with Gasteiger partial charge in [-0.1, -0.05) is 36.3 Å². The molecule has 114 valence electrons. The molecule has 0 aliphatic heterocycles. The lowest BCUT2D eigenvalue weighted by molar-refractivity contribution is 0.431. The zero-order valence-corrected chi connectivity index (χ0v) is 13.2. The molecule has 5 nitrogen and oxygen atoms in total. The van der Waals surface area contributed by atoms with E-state index in [1.165, 1.54) is 0 Å². The summed E-state index contributed by atoms with van der Waals surface area (Å²) in [4.78, 5) is 8.99. The van der Waals surface area contributed by atoms with Gasteiger partial charge in [-0.05, 0) is 12.5 Å². The van der Waals surface area contributed by atoms with Crippen LogP contribution in [0.5, 0.6) is 0 Å². The van der Waals surface area contributed by atoms with Crippen LogP contribution in [-0.4, -0.2) is 15.1 Å². The van der Waals surface area contributed by atoms with E-state index in [0.717, 1.165) is 33.8 Å². The summed E-state index contributed by atoms with van der Waals surface area (Å²) in [6.07, 6.45) is 4.11. The van der Waals surface area contributed by atoms with Gasteiger partial charge in [-0.2, -0.15) is 4.98 Å². The van der Waals surface area contributed by atoms with Crippen LogP contribution in [-0.2, 0) is 6.42 Å². The first-order valence-corrected chi connectivity index (χ1v) is 8.13. The summed E-state index contributed by atoms with van der Waals surface area (Å²) in [5.74, 6) is 1.00. The molecule has 0 N–H and O–H groups in total. The molecule has 4 rings (SSSR count). The topological polar surface area (TPSA) is 65.0 Å². The molecule has 23 heavy (non-hydrogen) atoms. The van der Waals surface area contributed by atoms with Crippen molar-refractivity contribution in [3.8, 4) is 34.1 Å². The Morgan fingerprint density at radius 2 is 1.83 bits per heavy atom. The number of aromatic nitrogens is 3. The van der Waals surface area contributed by atoms with Gasteiger partial charge in [-0.25, -0.2) is 4.98 Å². The monoisotopic (exact) mass is 323 g/mol. The van der Waals surface area contributed by atoms with E-state index < -0.39 is 0 Å². The summed E-state index contributed by atoms with van der Waals surface area (Å²) in [5, 5.41) is 7.25. The van der Waals surface area contributed by atoms with Gasteiger partial charge in [0, 0.05) is 16.5 Å². The van der Waals surface area contributed by atoms with Crippen molar-refractivity contribution in [2.45, 2.75) is 13.3 Å². The molecular weight excluding hydrogens is 310 g/mol. The third-order valence-electron chi connectivity index (χ3n) is 3.49. The highest BCUT2D eigenvalue weighted by Crippen LogP contribution is 2.26. The molecule has 0 aliphatic carbocycles. The van der Waals surface area contributed by atoms with E-state index in [-0.39, 0.29) is 0 Å². The second kappa shape index (κ2) is 5.81. The van der Waals surface area contributed by atoms with Crippen LogP contribution in [0, 0.1) is 0 Å². The van der Waals surface area contributed by atoms with Crippen LogP contribution < -0.4 is 0 Å². The van der Waals surface area contributed by atoms with Crippen molar-refractivity contribution in [3.05, 3.63) is 53.2 Å². The van der Waals surface area contributed by atoms with Gasteiger partial charge in [0.2, 0.25) is 5.82 Å². The van der Waals surface area contributed by atoms with E-state index in [4.69, 9.17) is 8.94 Å². The molecule has 1 aromatic carbocycles. The summed E-state index contributed by atoms with van der Waals surface area (Å²) in [5.41, 5.74) is 3.77. The summed E-state index contributed by atoms with van der Waals surface area (Å²) >= 11 is 1.69. The van der Waals surface area contributed by atoms with Crippen LogP contribution in [0.15, 0.2) is 57.2 Å². The van der Waals surface area contributed by atoms with Gasteiger partial charge < -0.3 is 8.94 Å². The fourth-order valence-electron chi connectivity index (χ4n) is 2.24. The highest BCUT2D eigenvalue weighted by Gasteiger charge is 2.12. The molecule has 0 unspecified atom stereocenters. The number of hydrogen-bond donors (Lipinski definition) is 0. The lowest BCUT2D eigenvalue weighted by atomic mass is 10.1. The van der Waals surface area contributed by atoms with Gasteiger partial charge >= 0.3 is 0 Å². The van der Waals surface area contributed by atoms with Crippen molar-refractivity contribution in [1.82, 2.24) is 15.1 Å². The Labute approximate surface area is 136 Å². The second-order valence-electron chi connectivity index (χ2n) is 4.99. The van der Waals surface area contributed by atoms with Gasteiger partial charge in [0.15, 0.2) is 0 Å². The molecule has 3 aromatic heterocycles. The minimum Gasteiger partial charge on any atom is -0.472 e. The number of furan rings is 1. The second-order valence-corrected chi connectivity index (χ2v) is 5.94. The number of benzene rings is 1. The standard InChI is InChI=1S/C17H13N3O2S/c1-2-15-18-14(10-23-15)11-3-5-12(6-4-11)16-19-17(22-20-16)13-7-8-21-9-13/h3-10H,2H2,1H3. The smallest absolute Gasteiger partial charge is 0.261 e. The Bertz CT molecular complexity index is 908. The summed E-state index contributed by atoms with van der Waals surface area (Å²) in [6.45, 7) is 2.11. The minimum absolute atomic E-state index is 0.449. The summed E-state index contributed by atoms with van der Waals surface area (Å²) < 4.78 is 10.3. The van der Waals surface area contributed by atoms with Crippen LogP contribution in [0.25, 0.3) is 34.1 Å². The molecule has 6 heteroatoms. The van der Waals surface area contributed by atoms with Crippen LogP contribution in [0.3, 0.4) is 0 Å². The molecule has 0 saturated heterocycles. The number of nitrogens with zero attached hydrogens (tertiary/aromatic N) is 3. The SMILES string of the molecule is CCc1nc(-c2ccc(-c3noc(-c4ccoc4)n3)cc2)cs1. The third-order valence-corrected chi connectivity index (χ3v) is 4.48. The Balaban J connectivity index is 1.61. The van der Waals surface area contributed by atoms with E-state index in [2.05, 4.69) is 27.4 Å². The number of thiazole rings is 1. The first kappa shape index (κ1) is 13.9. The Kier molecular flexibility index (Phi) is 3.51. The van der Waals surface area contributed by atoms with E-state index in [9.17, 15) is 0 Å². The fraction of sp³-hybridized carbons (Fsp3) is 0.118. The van der Waals surface area contributed by atoms with E-state index in [0.29, 0.717) is 11.7 Å². The molecular formula is C17H13N3O2S. The quantitative estimate of drug-likeness (QED) is 0.545. The van der Waals surface area contributed by atoms with Crippen LogP contribution in [0.4, 0.5) is 0 Å². The molecule has 0 amide bonds. The van der Waals surface area contributed by atoms with E-state index in [1.807, 2.05) is 24.3 Å². The number of rotatable bonds is 4. The maximum Gasteiger partial charge on any atom is 0.261 e. The molecule has 0 saturated carbocycles. The minimum atomic E-state index is 0.449. The van der Waals surface area contributed by atoms with Gasteiger partial charge in [0.1, 0.15) is 6.26 Å². The van der Waals surface area contributed by atoms with Crippen LogP contribution >= 0.6 is 11.3 Å². The van der Waals surface area contributed by atoms with Crippen molar-refractivity contribution in [2.75, 3.05) is 0 Å². The van der Waals surface area contributed by atoms with Crippen LogP contribution in [0.2, 0.25) is 0 Å². The average molecular weight is 323 g/mol. The van der Waals surface area contributed by atoms with E-state index in [1.54, 1.807) is 29.9 Å². The summed E-state index contributed by atoms with van der Waals surface area (Å²) in [7, 11) is 0. The Hall–Kier alpha value is -2.73. The maximum atomic E-state index is 5.26. The zero-order chi connectivity index (χ0) is 15.6. The first-order chi connectivity index (χ1) is 11.3. The van der Waals surface area contributed by atoms with Crippen LogP contribution in [0.1, 0.15) is 11.9 Å². The molecule has 0 atom stereocenters. The van der Waals surface area contributed by atoms with Crippen molar-refractivity contribution in [3.63, 3.8) is 0 Å². The van der Waals surface area contributed by atoms with Crippen molar-refractivity contribution >= 4 is 11.3 Å². The fourth-order valence-corrected chi connectivity index (χ4v) is 2.99. The molecule has 0 spiro atoms. The Morgan fingerprint density at radius 1 is 1.00 bits per heavy atom. The highest BCUT2D eigenvalue weighted by atomic mass is 32.1. The molecule has 0 aliphatic rings. The molecule has 0 bridgehead atoms. The number of hydrogen-bond acceptors (Lipinski definition) is 6. The zero-order valence-electron chi connectivity index (χ0n) is 12.4. The maximum absolute atomic E-state index is 5.26. The lowest BCUT2D eigenvalue weighted by Gasteiger charge is -1.98. The van der Waals surface area contributed by atoms with Gasteiger partial charge in [0.05, 0.1) is 22.5 Å². The number of aryl methyl sites for hydroxylation is 1. The van der Waals surface area contributed by atoms with Crippen molar-refractivity contribution in [2.24, 2.45) is 0 Å². The lowest BCUT2D eigenvalue weighted by Crippen LogP contribution is -1.83.